The molecule has 0 fully saturated rings. The molecule has 1 amide bonds. The van der Waals surface area contributed by atoms with Crippen molar-refractivity contribution in [3.8, 4) is 5.75 Å². The smallest absolute Gasteiger partial charge is 0.278 e. The van der Waals surface area contributed by atoms with Gasteiger partial charge in [-0.25, -0.2) is 0 Å². The summed E-state index contributed by atoms with van der Waals surface area (Å²) in [6, 6.07) is 16.2. The number of hydrogen-bond acceptors (Lipinski definition) is 3. The van der Waals surface area contributed by atoms with E-state index in [2.05, 4.69) is 41.4 Å². The maximum absolute atomic E-state index is 12.6. The van der Waals surface area contributed by atoms with Gasteiger partial charge in [-0.2, -0.15) is 0 Å². The molecule has 2 atom stereocenters. The van der Waals surface area contributed by atoms with E-state index in [-0.39, 0.29) is 11.9 Å². The number of carbonyl (C=O) groups is 1. The number of methoxy groups -OCH3 is 1. The Morgan fingerprint density at radius 1 is 1.07 bits per heavy atom. The Balaban J connectivity index is 1.91. The number of rotatable bonds is 9. The lowest BCUT2D eigenvalue weighted by molar-refractivity contribution is -0.926. The van der Waals surface area contributed by atoms with E-state index in [4.69, 9.17) is 4.74 Å². The molecule has 0 radical (unpaired) electrons. The van der Waals surface area contributed by atoms with Crippen molar-refractivity contribution >= 4 is 11.6 Å². The van der Waals surface area contributed by atoms with Crippen LogP contribution in [-0.2, 0) is 17.9 Å². The third-order valence-corrected chi connectivity index (χ3v) is 4.97. The van der Waals surface area contributed by atoms with Crippen molar-refractivity contribution in [1.29, 1.82) is 0 Å². The quantitative estimate of drug-likeness (QED) is 0.708. The summed E-state index contributed by atoms with van der Waals surface area (Å²) in [5, 5.41) is 3.05. The van der Waals surface area contributed by atoms with Crippen LogP contribution in [-0.4, -0.2) is 39.7 Å². The number of hydrogen-bond donors (Lipinski definition) is 2. The van der Waals surface area contributed by atoms with Gasteiger partial charge in [0.1, 0.15) is 12.3 Å². The Labute approximate surface area is 162 Å². The molecule has 1 unspecified atom stereocenters. The Hall–Kier alpha value is -2.53. The first-order chi connectivity index (χ1) is 12.9. The number of nitrogens with zero attached hydrogens (tertiary/aromatic N) is 1. The number of amides is 1. The summed E-state index contributed by atoms with van der Waals surface area (Å²) in [7, 11) is 5.72. The molecular weight excluding hydrogens is 338 g/mol. The Morgan fingerprint density at radius 3 is 2.19 bits per heavy atom. The molecule has 0 spiro atoms. The molecule has 2 rings (SSSR count). The molecule has 2 N–H and O–H groups in total. The van der Waals surface area contributed by atoms with Crippen LogP contribution in [0.1, 0.15) is 25.0 Å². The van der Waals surface area contributed by atoms with Crippen molar-refractivity contribution in [2.45, 2.75) is 33.0 Å². The molecule has 0 aliphatic carbocycles. The summed E-state index contributed by atoms with van der Waals surface area (Å²) in [6.45, 7) is 6.38. The minimum Gasteiger partial charge on any atom is -0.497 e. The average molecular weight is 371 g/mol. The Bertz CT molecular complexity index is 711. The van der Waals surface area contributed by atoms with E-state index in [9.17, 15) is 4.79 Å². The summed E-state index contributed by atoms with van der Waals surface area (Å²) in [5.74, 6) is 0.896. The van der Waals surface area contributed by atoms with E-state index in [0.29, 0.717) is 6.54 Å². The number of quaternary nitrogens is 1. The monoisotopic (exact) mass is 370 g/mol. The molecule has 5 nitrogen and oxygen atoms in total. The van der Waals surface area contributed by atoms with Gasteiger partial charge >= 0.3 is 0 Å². The lowest BCUT2D eigenvalue weighted by Crippen LogP contribution is -3.15. The summed E-state index contributed by atoms with van der Waals surface area (Å²) in [5.41, 5.74) is 3.49. The third kappa shape index (κ3) is 6.00. The zero-order chi connectivity index (χ0) is 19.8. The molecule has 0 saturated heterocycles. The van der Waals surface area contributed by atoms with E-state index in [1.165, 1.54) is 16.2 Å². The lowest BCUT2D eigenvalue weighted by Gasteiger charge is -2.24. The average Bonchev–Trinajstić information content (AvgIpc) is 2.70. The number of nitrogens with one attached hydrogen (secondary N) is 2. The first kappa shape index (κ1) is 20.8. The zero-order valence-electron chi connectivity index (χ0n) is 17.1. The van der Waals surface area contributed by atoms with Gasteiger partial charge in [-0.1, -0.05) is 24.3 Å². The number of likely N-dealkylation sites (N-methyl/N-ethyl adjacent to an activating group) is 1. The van der Waals surface area contributed by atoms with Crippen LogP contribution in [0.25, 0.3) is 0 Å². The van der Waals surface area contributed by atoms with Gasteiger partial charge in [-0.15, -0.1) is 0 Å². The lowest BCUT2D eigenvalue weighted by atomic mass is 10.1. The van der Waals surface area contributed by atoms with Crippen LogP contribution in [0.5, 0.6) is 5.75 Å². The highest BCUT2D eigenvalue weighted by Crippen LogP contribution is 2.12. The van der Waals surface area contributed by atoms with Crippen LogP contribution in [0, 0.1) is 0 Å². The molecule has 0 heterocycles. The van der Waals surface area contributed by atoms with Gasteiger partial charge in [0.15, 0.2) is 6.04 Å². The van der Waals surface area contributed by atoms with Crippen molar-refractivity contribution in [2.75, 3.05) is 32.6 Å². The highest BCUT2D eigenvalue weighted by Gasteiger charge is 2.23. The van der Waals surface area contributed by atoms with Crippen LogP contribution >= 0.6 is 0 Å². The fraction of sp³-hybridized carbons (Fsp3) is 0.409. The second kappa shape index (κ2) is 9.97. The molecule has 5 heteroatoms. The standard InChI is InChI=1S/C22H31N3O2/c1-6-25(16-19-7-11-20(12-8-19)24(3)4)17(2)22(26)23-15-18-9-13-21(27-5)14-10-18/h7-14,17H,6,15-16H2,1-5H3,(H,23,26)/p+1/t17-/m1/s1. The normalized spacial score (nSPS) is 12.9. The van der Waals surface area contributed by atoms with E-state index in [1.807, 2.05) is 45.3 Å². The zero-order valence-corrected chi connectivity index (χ0v) is 17.1. The van der Waals surface area contributed by atoms with Crippen LogP contribution in [0.15, 0.2) is 48.5 Å². The maximum atomic E-state index is 12.6. The molecule has 0 aliphatic rings. The first-order valence-corrected chi connectivity index (χ1v) is 9.46. The molecule has 146 valence electrons. The Kier molecular flexibility index (Phi) is 7.67. The van der Waals surface area contributed by atoms with Gasteiger partial charge in [-0.3, -0.25) is 4.79 Å². The van der Waals surface area contributed by atoms with Crippen molar-refractivity contribution in [1.82, 2.24) is 5.32 Å². The maximum Gasteiger partial charge on any atom is 0.278 e. The van der Waals surface area contributed by atoms with Crippen molar-refractivity contribution in [3.05, 3.63) is 59.7 Å². The largest absolute Gasteiger partial charge is 0.497 e. The summed E-state index contributed by atoms with van der Waals surface area (Å²) in [6.07, 6.45) is 0. The van der Waals surface area contributed by atoms with Crippen molar-refractivity contribution < 1.29 is 14.4 Å². The van der Waals surface area contributed by atoms with Gasteiger partial charge in [-0.05, 0) is 43.7 Å². The molecule has 0 aromatic heterocycles. The number of anilines is 1. The van der Waals surface area contributed by atoms with Gasteiger partial charge in [0.25, 0.3) is 5.91 Å². The number of ether oxygens (including phenoxy) is 1. The van der Waals surface area contributed by atoms with E-state index < -0.39 is 0 Å². The number of carbonyl (C=O) groups excluding carboxylic acids is 1. The highest BCUT2D eigenvalue weighted by atomic mass is 16.5. The molecule has 27 heavy (non-hydrogen) atoms. The highest BCUT2D eigenvalue weighted by molar-refractivity contribution is 5.79. The van der Waals surface area contributed by atoms with E-state index in [1.54, 1.807) is 7.11 Å². The fourth-order valence-electron chi connectivity index (χ4n) is 3.03. The minimum absolute atomic E-state index is 0.0765. The first-order valence-electron chi connectivity index (χ1n) is 9.46. The van der Waals surface area contributed by atoms with Gasteiger partial charge in [0.05, 0.1) is 13.7 Å². The second-order valence-corrected chi connectivity index (χ2v) is 7.04. The van der Waals surface area contributed by atoms with E-state index in [0.717, 1.165) is 24.4 Å². The second-order valence-electron chi connectivity index (χ2n) is 7.04. The van der Waals surface area contributed by atoms with Gasteiger partial charge < -0.3 is 19.9 Å². The van der Waals surface area contributed by atoms with Crippen LogP contribution in [0.2, 0.25) is 0 Å². The van der Waals surface area contributed by atoms with Crippen LogP contribution in [0.3, 0.4) is 0 Å². The van der Waals surface area contributed by atoms with Crippen molar-refractivity contribution in [2.24, 2.45) is 0 Å². The third-order valence-electron chi connectivity index (χ3n) is 4.97. The fourth-order valence-corrected chi connectivity index (χ4v) is 3.03. The van der Waals surface area contributed by atoms with Crippen LogP contribution < -0.4 is 19.9 Å². The summed E-state index contributed by atoms with van der Waals surface area (Å²) >= 11 is 0. The Morgan fingerprint density at radius 2 is 1.67 bits per heavy atom. The van der Waals surface area contributed by atoms with Crippen LogP contribution in [0.4, 0.5) is 5.69 Å². The SMILES string of the molecule is CC[NH+](Cc1ccc(N(C)C)cc1)[C@H](C)C(=O)NCc1ccc(OC)cc1. The molecule has 0 bridgehead atoms. The number of benzene rings is 2. The summed E-state index contributed by atoms with van der Waals surface area (Å²) in [4.78, 5) is 15.9. The minimum atomic E-state index is -0.109. The molecule has 0 saturated carbocycles. The molecule has 2 aromatic rings. The molecular formula is C22H32N3O2+. The predicted molar refractivity (Wildman–Crippen MR) is 110 cm³/mol. The van der Waals surface area contributed by atoms with Crippen molar-refractivity contribution in [3.63, 3.8) is 0 Å². The topological polar surface area (TPSA) is 46.0 Å². The summed E-state index contributed by atoms with van der Waals surface area (Å²) < 4.78 is 5.16. The van der Waals surface area contributed by atoms with Gasteiger partial charge in [0, 0.05) is 31.9 Å². The van der Waals surface area contributed by atoms with E-state index >= 15 is 0 Å². The molecule has 0 aliphatic heterocycles. The molecule has 2 aromatic carbocycles. The van der Waals surface area contributed by atoms with Gasteiger partial charge in [0.2, 0.25) is 0 Å². The predicted octanol–water partition coefficient (Wildman–Crippen LogP) is 1.87.